The van der Waals surface area contributed by atoms with Gasteiger partial charge in [-0.3, -0.25) is 14.6 Å². The van der Waals surface area contributed by atoms with E-state index in [0.29, 0.717) is 12.6 Å². The molecule has 2 aliphatic rings. The fourth-order valence-corrected chi connectivity index (χ4v) is 4.28. The van der Waals surface area contributed by atoms with Crippen LogP contribution in [0.2, 0.25) is 0 Å². The van der Waals surface area contributed by atoms with Crippen molar-refractivity contribution in [2.75, 3.05) is 26.2 Å². The summed E-state index contributed by atoms with van der Waals surface area (Å²) in [6.07, 6.45) is 3.91. The highest BCUT2D eigenvalue weighted by atomic mass is 16.4. The number of hydrogen-bond acceptors (Lipinski definition) is 4. The van der Waals surface area contributed by atoms with Crippen molar-refractivity contribution in [1.29, 1.82) is 0 Å². The number of aliphatic carboxylic acids is 1. The van der Waals surface area contributed by atoms with Gasteiger partial charge in [-0.2, -0.15) is 0 Å². The number of benzene rings is 1. The minimum Gasteiger partial charge on any atom is -0.480 e. The molecule has 0 aromatic heterocycles. The van der Waals surface area contributed by atoms with Gasteiger partial charge in [0.2, 0.25) is 0 Å². The fraction of sp³-hybridized carbons (Fsp3) is 0.619. The number of carbonyl (C=O) groups is 2. The third-order valence-electron chi connectivity index (χ3n) is 5.94. The van der Waals surface area contributed by atoms with Crippen LogP contribution in [-0.4, -0.2) is 71.2 Å². The number of carboxylic acid groups (broad SMARTS) is 1. The number of nitrogens with one attached hydrogen (secondary N) is 2. The highest BCUT2D eigenvalue weighted by molar-refractivity contribution is 5.74. The van der Waals surface area contributed by atoms with Crippen LogP contribution in [0.5, 0.6) is 0 Å². The number of nitrogens with zero attached hydrogens (tertiary/aromatic N) is 2. The van der Waals surface area contributed by atoms with Gasteiger partial charge in [0.15, 0.2) is 0 Å². The number of urea groups is 1. The summed E-state index contributed by atoms with van der Waals surface area (Å²) in [6, 6.07) is 11.1. The van der Waals surface area contributed by atoms with Crippen LogP contribution in [0.3, 0.4) is 0 Å². The van der Waals surface area contributed by atoms with Gasteiger partial charge in [0.25, 0.3) is 0 Å². The van der Waals surface area contributed by atoms with Crippen molar-refractivity contribution >= 4 is 12.0 Å². The number of rotatable bonds is 9. The average Bonchev–Trinajstić information content (AvgIpc) is 3.08. The predicted molar refractivity (Wildman–Crippen MR) is 108 cm³/mol. The molecule has 1 atom stereocenters. The zero-order valence-electron chi connectivity index (χ0n) is 16.6. The summed E-state index contributed by atoms with van der Waals surface area (Å²) in [5.41, 5.74) is 1.31. The normalized spacial score (nSPS) is 24.7. The summed E-state index contributed by atoms with van der Waals surface area (Å²) in [5.74, 6) is -0.798. The number of likely N-dealkylation sites (tertiary alicyclic amines) is 1. The van der Waals surface area contributed by atoms with E-state index >= 15 is 0 Å². The highest BCUT2D eigenvalue weighted by Gasteiger charge is 2.34. The molecule has 28 heavy (non-hydrogen) atoms. The topological polar surface area (TPSA) is 84.9 Å². The summed E-state index contributed by atoms with van der Waals surface area (Å²) in [4.78, 5) is 27.5. The highest BCUT2D eigenvalue weighted by Crippen LogP contribution is 2.25. The maximum absolute atomic E-state index is 12.2. The van der Waals surface area contributed by atoms with Gasteiger partial charge in [0.05, 0.1) is 6.54 Å². The summed E-state index contributed by atoms with van der Waals surface area (Å²) in [6.45, 7) is 5.42. The molecular formula is C21H32N4O3. The summed E-state index contributed by atoms with van der Waals surface area (Å²) in [5, 5.41) is 15.0. The number of carbonyl (C=O) groups excluding carboxylic acids is 1. The minimum absolute atomic E-state index is 0.0685. The number of hydrogen-bond donors (Lipinski definition) is 3. The van der Waals surface area contributed by atoms with Crippen molar-refractivity contribution < 1.29 is 14.7 Å². The van der Waals surface area contributed by atoms with Gasteiger partial charge >= 0.3 is 12.0 Å². The third kappa shape index (κ3) is 5.69. The monoisotopic (exact) mass is 388 g/mol. The minimum atomic E-state index is -0.798. The van der Waals surface area contributed by atoms with Gasteiger partial charge in [-0.15, -0.1) is 0 Å². The zero-order valence-corrected chi connectivity index (χ0v) is 16.6. The second-order valence-corrected chi connectivity index (χ2v) is 7.89. The maximum atomic E-state index is 12.2. The quantitative estimate of drug-likeness (QED) is 0.602. The number of likely N-dealkylation sites (N-methyl/N-ethyl adjacent to an activating group) is 1. The van der Waals surface area contributed by atoms with Crippen molar-refractivity contribution in [3.8, 4) is 0 Å². The molecule has 1 aromatic rings. The molecule has 0 bridgehead atoms. The van der Waals surface area contributed by atoms with Crippen LogP contribution in [0.4, 0.5) is 4.79 Å². The molecule has 1 saturated carbocycles. The molecule has 1 heterocycles. The summed E-state index contributed by atoms with van der Waals surface area (Å²) in [7, 11) is 0. The van der Waals surface area contributed by atoms with Gasteiger partial charge in [-0.05, 0) is 44.3 Å². The van der Waals surface area contributed by atoms with Crippen LogP contribution < -0.4 is 10.6 Å². The molecular weight excluding hydrogens is 356 g/mol. The third-order valence-corrected chi connectivity index (χ3v) is 5.94. The van der Waals surface area contributed by atoms with Crippen molar-refractivity contribution in [1.82, 2.24) is 20.4 Å². The van der Waals surface area contributed by atoms with E-state index in [-0.39, 0.29) is 24.7 Å². The molecule has 7 heteroatoms. The zero-order chi connectivity index (χ0) is 19.9. The molecule has 3 N–H and O–H groups in total. The van der Waals surface area contributed by atoms with Crippen LogP contribution in [0.25, 0.3) is 0 Å². The van der Waals surface area contributed by atoms with Gasteiger partial charge < -0.3 is 15.7 Å². The lowest BCUT2D eigenvalue weighted by Gasteiger charge is -2.42. The Hall–Kier alpha value is -2.12. The van der Waals surface area contributed by atoms with Crippen molar-refractivity contribution in [2.24, 2.45) is 0 Å². The molecule has 0 radical (unpaired) electrons. The molecule has 3 rings (SSSR count). The standard InChI is InChI=1S/C21H32N4O3/c1-2-24(15-20(26)27)19-11-17(12-19)23-21(28)22-13-18-9-6-10-25(18)14-16-7-4-3-5-8-16/h3-5,7-8,17-19H,2,6,9-15H2,1H3,(H,26,27)(H2,22,23,28). The predicted octanol–water partition coefficient (Wildman–Crippen LogP) is 1.89. The summed E-state index contributed by atoms with van der Waals surface area (Å²) >= 11 is 0. The maximum Gasteiger partial charge on any atom is 0.317 e. The SMILES string of the molecule is CCN(CC(=O)O)C1CC(NC(=O)NCC2CCCN2Cc2ccccc2)C1. The van der Waals surface area contributed by atoms with E-state index < -0.39 is 5.97 Å². The Labute approximate surface area is 167 Å². The molecule has 1 unspecified atom stereocenters. The first kappa shape index (κ1) is 20.6. The molecule has 2 amide bonds. The Morgan fingerprint density at radius 2 is 2.00 bits per heavy atom. The lowest BCUT2D eigenvalue weighted by molar-refractivity contribution is -0.139. The number of carboxylic acids is 1. The van der Waals surface area contributed by atoms with E-state index in [2.05, 4.69) is 39.8 Å². The van der Waals surface area contributed by atoms with Gasteiger partial charge in [0.1, 0.15) is 0 Å². The number of amides is 2. The van der Waals surface area contributed by atoms with E-state index in [0.717, 1.165) is 38.9 Å². The molecule has 1 aliphatic carbocycles. The molecule has 2 fully saturated rings. The van der Waals surface area contributed by atoms with Crippen molar-refractivity contribution in [2.45, 2.75) is 57.3 Å². The van der Waals surface area contributed by atoms with Crippen LogP contribution in [0.15, 0.2) is 30.3 Å². The Morgan fingerprint density at radius 1 is 1.25 bits per heavy atom. The Balaban J connectivity index is 1.36. The molecule has 1 aromatic carbocycles. The lowest BCUT2D eigenvalue weighted by atomic mass is 9.85. The van der Waals surface area contributed by atoms with E-state index in [4.69, 9.17) is 5.11 Å². The summed E-state index contributed by atoms with van der Waals surface area (Å²) < 4.78 is 0. The Morgan fingerprint density at radius 3 is 2.68 bits per heavy atom. The van der Waals surface area contributed by atoms with Crippen LogP contribution in [0.1, 0.15) is 38.2 Å². The first-order valence-electron chi connectivity index (χ1n) is 10.3. The fourth-order valence-electron chi connectivity index (χ4n) is 4.28. The first-order chi connectivity index (χ1) is 13.5. The van der Waals surface area contributed by atoms with E-state index in [1.54, 1.807) is 0 Å². The largest absolute Gasteiger partial charge is 0.480 e. The molecule has 154 valence electrons. The molecule has 0 spiro atoms. The van der Waals surface area contributed by atoms with E-state index in [1.165, 1.54) is 12.0 Å². The first-order valence-corrected chi connectivity index (χ1v) is 10.3. The van der Waals surface area contributed by atoms with E-state index in [9.17, 15) is 9.59 Å². The Kier molecular flexibility index (Phi) is 7.28. The average molecular weight is 389 g/mol. The molecule has 7 nitrogen and oxygen atoms in total. The Bertz CT molecular complexity index is 648. The second kappa shape index (κ2) is 9.89. The van der Waals surface area contributed by atoms with Crippen molar-refractivity contribution in [3.63, 3.8) is 0 Å². The van der Waals surface area contributed by atoms with Crippen LogP contribution >= 0.6 is 0 Å². The van der Waals surface area contributed by atoms with Crippen LogP contribution in [-0.2, 0) is 11.3 Å². The van der Waals surface area contributed by atoms with E-state index in [1.807, 2.05) is 17.9 Å². The second-order valence-electron chi connectivity index (χ2n) is 7.89. The van der Waals surface area contributed by atoms with Gasteiger partial charge in [0, 0.05) is 31.2 Å². The van der Waals surface area contributed by atoms with Crippen molar-refractivity contribution in [3.05, 3.63) is 35.9 Å². The molecule has 1 saturated heterocycles. The molecule has 1 aliphatic heterocycles. The van der Waals surface area contributed by atoms with Gasteiger partial charge in [-0.25, -0.2) is 4.79 Å². The smallest absolute Gasteiger partial charge is 0.317 e. The van der Waals surface area contributed by atoms with Gasteiger partial charge in [-0.1, -0.05) is 37.3 Å². The lowest BCUT2D eigenvalue weighted by Crippen LogP contribution is -2.57. The van der Waals surface area contributed by atoms with Crippen LogP contribution in [0, 0.1) is 0 Å².